The van der Waals surface area contributed by atoms with Crippen LogP contribution in [0.25, 0.3) is 0 Å². The number of hydrogen-bond acceptors (Lipinski definition) is 2. The molecular formula is C19H21NO3. The first kappa shape index (κ1) is 16.7. The van der Waals surface area contributed by atoms with Gasteiger partial charge < -0.3 is 10.4 Å². The van der Waals surface area contributed by atoms with Gasteiger partial charge in [0.05, 0.1) is 0 Å². The molecule has 0 aliphatic rings. The summed E-state index contributed by atoms with van der Waals surface area (Å²) in [5, 5.41) is 11.6. The molecule has 0 atom stereocenters. The van der Waals surface area contributed by atoms with Gasteiger partial charge >= 0.3 is 5.97 Å². The Hall–Kier alpha value is -2.62. The lowest BCUT2D eigenvalue weighted by Crippen LogP contribution is -2.15. The molecule has 0 bridgehead atoms. The van der Waals surface area contributed by atoms with E-state index in [-0.39, 0.29) is 12.3 Å². The number of carbonyl (C=O) groups excluding carboxylic acids is 1. The molecule has 4 nitrogen and oxygen atoms in total. The fourth-order valence-corrected chi connectivity index (χ4v) is 2.74. The summed E-state index contributed by atoms with van der Waals surface area (Å²) in [6, 6.07) is 11.3. The monoisotopic (exact) mass is 311 g/mol. The number of benzene rings is 2. The number of carboxylic acids is 1. The Morgan fingerprint density at radius 3 is 2.09 bits per heavy atom. The first-order valence-electron chi connectivity index (χ1n) is 7.57. The van der Waals surface area contributed by atoms with E-state index >= 15 is 0 Å². The first-order valence-corrected chi connectivity index (χ1v) is 7.57. The van der Waals surface area contributed by atoms with Gasteiger partial charge in [-0.2, -0.15) is 0 Å². The van der Waals surface area contributed by atoms with Crippen LogP contribution in [0.2, 0.25) is 0 Å². The molecule has 2 rings (SSSR count). The zero-order valence-corrected chi connectivity index (χ0v) is 13.6. The Bertz CT molecular complexity index is 710. The molecule has 120 valence electrons. The van der Waals surface area contributed by atoms with Crippen molar-refractivity contribution in [2.75, 3.05) is 5.32 Å². The van der Waals surface area contributed by atoms with Gasteiger partial charge in [-0.1, -0.05) is 29.8 Å². The molecule has 0 aromatic heterocycles. The third-order valence-electron chi connectivity index (χ3n) is 3.74. The van der Waals surface area contributed by atoms with Gasteiger partial charge in [-0.25, -0.2) is 0 Å². The van der Waals surface area contributed by atoms with Crippen molar-refractivity contribution < 1.29 is 14.7 Å². The molecule has 0 saturated heterocycles. The Morgan fingerprint density at radius 2 is 1.57 bits per heavy atom. The Kier molecular flexibility index (Phi) is 5.16. The minimum atomic E-state index is -0.812. The lowest BCUT2D eigenvalue weighted by molar-refractivity contribution is -0.136. The normalized spacial score (nSPS) is 10.4. The molecule has 0 heterocycles. The van der Waals surface area contributed by atoms with Crippen LogP contribution in [0.5, 0.6) is 0 Å². The second-order valence-electron chi connectivity index (χ2n) is 5.82. The SMILES string of the molecule is Cc1cc(C)c(C(=O)Nc2ccc(CCC(=O)O)cc2)c(C)c1. The second-order valence-corrected chi connectivity index (χ2v) is 5.82. The molecule has 0 aliphatic carbocycles. The van der Waals surface area contributed by atoms with Crippen molar-refractivity contribution in [1.82, 2.24) is 0 Å². The van der Waals surface area contributed by atoms with Crippen LogP contribution in [0.3, 0.4) is 0 Å². The molecule has 0 radical (unpaired) electrons. The number of hydrogen-bond donors (Lipinski definition) is 2. The standard InChI is InChI=1S/C19H21NO3/c1-12-10-13(2)18(14(3)11-12)19(23)20-16-7-4-15(5-8-16)6-9-17(21)22/h4-5,7-8,10-11H,6,9H2,1-3H3,(H,20,23)(H,21,22). The maximum absolute atomic E-state index is 12.5. The second kappa shape index (κ2) is 7.09. The summed E-state index contributed by atoms with van der Waals surface area (Å²) < 4.78 is 0. The molecule has 2 N–H and O–H groups in total. The molecule has 0 spiro atoms. The van der Waals surface area contributed by atoms with Gasteiger partial charge in [-0.05, 0) is 56.0 Å². The highest BCUT2D eigenvalue weighted by Gasteiger charge is 2.13. The molecular weight excluding hydrogens is 290 g/mol. The summed E-state index contributed by atoms with van der Waals surface area (Å²) in [7, 11) is 0. The minimum Gasteiger partial charge on any atom is -0.481 e. The predicted octanol–water partition coefficient (Wildman–Crippen LogP) is 3.88. The maximum Gasteiger partial charge on any atom is 0.303 e. The molecule has 4 heteroatoms. The number of amides is 1. The summed E-state index contributed by atoms with van der Waals surface area (Å²) in [6.07, 6.45) is 0.590. The van der Waals surface area contributed by atoms with E-state index in [0.29, 0.717) is 17.7 Å². The number of anilines is 1. The number of aliphatic carboxylic acids is 1. The van der Waals surface area contributed by atoms with E-state index in [1.165, 1.54) is 0 Å². The Morgan fingerprint density at radius 1 is 1.00 bits per heavy atom. The topological polar surface area (TPSA) is 66.4 Å². The molecule has 0 saturated carbocycles. The molecule has 1 amide bonds. The van der Waals surface area contributed by atoms with E-state index in [0.717, 1.165) is 22.3 Å². The van der Waals surface area contributed by atoms with Crippen molar-refractivity contribution in [2.45, 2.75) is 33.6 Å². The summed E-state index contributed by atoms with van der Waals surface area (Å²) in [6.45, 7) is 5.88. The number of carboxylic acid groups (broad SMARTS) is 1. The average Bonchev–Trinajstić information content (AvgIpc) is 2.45. The maximum atomic E-state index is 12.5. The van der Waals surface area contributed by atoms with Gasteiger partial charge in [-0.3, -0.25) is 9.59 Å². The van der Waals surface area contributed by atoms with Gasteiger partial charge in [0.1, 0.15) is 0 Å². The fraction of sp³-hybridized carbons (Fsp3) is 0.263. The zero-order chi connectivity index (χ0) is 17.0. The zero-order valence-electron chi connectivity index (χ0n) is 13.6. The highest BCUT2D eigenvalue weighted by atomic mass is 16.4. The predicted molar refractivity (Wildman–Crippen MR) is 91.0 cm³/mol. The van der Waals surface area contributed by atoms with Crippen LogP contribution in [0.15, 0.2) is 36.4 Å². The molecule has 0 fully saturated rings. The van der Waals surface area contributed by atoms with Crippen molar-refractivity contribution in [1.29, 1.82) is 0 Å². The highest BCUT2D eigenvalue weighted by molar-refractivity contribution is 6.06. The van der Waals surface area contributed by atoms with Gasteiger partial charge in [-0.15, -0.1) is 0 Å². The highest BCUT2D eigenvalue weighted by Crippen LogP contribution is 2.19. The van der Waals surface area contributed by atoms with Crippen molar-refractivity contribution in [2.24, 2.45) is 0 Å². The first-order chi connectivity index (χ1) is 10.9. The Labute approximate surface area is 136 Å². The smallest absolute Gasteiger partial charge is 0.303 e. The summed E-state index contributed by atoms with van der Waals surface area (Å²) >= 11 is 0. The number of aryl methyl sites for hydroxylation is 4. The van der Waals surface area contributed by atoms with Gasteiger partial charge in [0, 0.05) is 17.7 Å². The van der Waals surface area contributed by atoms with Gasteiger partial charge in [0.15, 0.2) is 0 Å². The van der Waals surface area contributed by atoms with E-state index in [9.17, 15) is 9.59 Å². The van der Waals surface area contributed by atoms with Crippen molar-refractivity contribution in [3.8, 4) is 0 Å². The largest absolute Gasteiger partial charge is 0.481 e. The number of carbonyl (C=O) groups is 2. The molecule has 0 unspecified atom stereocenters. The molecule has 2 aromatic rings. The van der Waals surface area contributed by atoms with Crippen LogP contribution < -0.4 is 5.32 Å². The molecule has 23 heavy (non-hydrogen) atoms. The van der Waals surface area contributed by atoms with Crippen molar-refractivity contribution in [3.63, 3.8) is 0 Å². The van der Waals surface area contributed by atoms with Gasteiger partial charge in [0.2, 0.25) is 0 Å². The number of rotatable bonds is 5. The van der Waals surface area contributed by atoms with Crippen molar-refractivity contribution in [3.05, 3.63) is 64.2 Å². The van der Waals surface area contributed by atoms with E-state index in [2.05, 4.69) is 5.32 Å². The average molecular weight is 311 g/mol. The van der Waals surface area contributed by atoms with Crippen LogP contribution in [-0.4, -0.2) is 17.0 Å². The summed E-state index contributed by atoms with van der Waals surface area (Å²) in [4.78, 5) is 23.1. The fourth-order valence-electron chi connectivity index (χ4n) is 2.74. The number of nitrogens with one attached hydrogen (secondary N) is 1. The van der Waals surface area contributed by atoms with E-state index in [1.54, 1.807) is 12.1 Å². The van der Waals surface area contributed by atoms with Gasteiger partial charge in [0.25, 0.3) is 5.91 Å². The van der Waals surface area contributed by atoms with Crippen molar-refractivity contribution >= 4 is 17.6 Å². The van der Waals surface area contributed by atoms with Crippen LogP contribution in [0.4, 0.5) is 5.69 Å². The lowest BCUT2D eigenvalue weighted by atomic mass is 9.99. The third-order valence-corrected chi connectivity index (χ3v) is 3.74. The van der Waals surface area contributed by atoms with E-state index in [4.69, 9.17) is 5.11 Å². The lowest BCUT2D eigenvalue weighted by Gasteiger charge is -2.12. The van der Waals surface area contributed by atoms with Crippen LogP contribution >= 0.6 is 0 Å². The summed E-state index contributed by atoms with van der Waals surface area (Å²) in [5.74, 6) is -0.939. The van der Waals surface area contributed by atoms with E-state index < -0.39 is 5.97 Å². The minimum absolute atomic E-state index is 0.105. The Balaban J connectivity index is 2.10. The van der Waals surface area contributed by atoms with E-state index in [1.807, 2.05) is 45.0 Å². The quantitative estimate of drug-likeness (QED) is 0.880. The van der Waals surface area contributed by atoms with Crippen LogP contribution in [0, 0.1) is 20.8 Å². The van der Waals surface area contributed by atoms with Crippen LogP contribution in [-0.2, 0) is 11.2 Å². The summed E-state index contributed by atoms with van der Waals surface area (Å²) in [5.41, 5.74) is 5.39. The molecule has 2 aromatic carbocycles. The molecule has 0 aliphatic heterocycles. The van der Waals surface area contributed by atoms with Crippen LogP contribution in [0.1, 0.15) is 39.0 Å². The third kappa shape index (κ3) is 4.42.